The Balaban J connectivity index is 1.69. The first-order valence-corrected chi connectivity index (χ1v) is 13.1. The van der Waals surface area contributed by atoms with Gasteiger partial charge in [-0.2, -0.15) is 0 Å². The maximum atomic E-state index is 13.8. The van der Waals surface area contributed by atoms with E-state index in [1.165, 1.54) is 0 Å². The molecule has 4 aromatic rings. The number of hydrogen-bond acceptors (Lipinski definition) is 6. The largest absolute Gasteiger partial charge is 0.462 e. The molecule has 1 N–H and O–H groups in total. The van der Waals surface area contributed by atoms with Crippen molar-refractivity contribution >= 4 is 28.7 Å². The van der Waals surface area contributed by atoms with Crippen LogP contribution >= 0.6 is 0 Å². The summed E-state index contributed by atoms with van der Waals surface area (Å²) in [5.74, 6) is -0.684. The predicted molar refractivity (Wildman–Crippen MR) is 150 cm³/mol. The second-order valence-electron chi connectivity index (χ2n) is 9.86. The molecule has 2 aromatic heterocycles. The Kier molecular flexibility index (Phi) is 7.19. The molecule has 0 saturated heterocycles. The van der Waals surface area contributed by atoms with E-state index in [1.54, 1.807) is 25.4 Å². The Morgan fingerprint density at radius 1 is 1.08 bits per heavy atom. The zero-order valence-corrected chi connectivity index (χ0v) is 22.5. The third kappa shape index (κ3) is 5.27. The van der Waals surface area contributed by atoms with Gasteiger partial charge in [0.15, 0.2) is 0 Å². The van der Waals surface area contributed by atoms with Gasteiger partial charge in [-0.05, 0) is 74.9 Å². The lowest BCUT2D eigenvalue weighted by Gasteiger charge is -2.20. The number of rotatable bonds is 7. The van der Waals surface area contributed by atoms with Gasteiger partial charge in [0, 0.05) is 29.7 Å². The molecule has 0 radical (unpaired) electrons. The van der Waals surface area contributed by atoms with Gasteiger partial charge in [-0.25, -0.2) is 9.59 Å². The van der Waals surface area contributed by atoms with Crippen LogP contribution in [0.2, 0.25) is 0 Å². The molecule has 39 heavy (non-hydrogen) atoms. The highest BCUT2D eigenvalue weighted by atomic mass is 16.5. The van der Waals surface area contributed by atoms with Gasteiger partial charge in [0.2, 0.25) is 5.43 Å². The average molecular weight is 526 g/mol. The van der Waals surface area contributed by atoms with Crippen LogP contribution in [0.3, 0.4) is 0 Å². The zero-order chi connectivity index (χ0) is 27.7. The summed E-state index contributed by atoms with van der Waals surface area (Å²) in [5, 5.41) is 3.05. The number of amides is 1. The van der Waals surface area contributed by atoms with E-state index in [0.29, 0.717) is 5.52 Å². The SMILES string of the molecule is CCOC(=O)c1cn(C2CC2)c2c(C)c(-c3cnc(C)c(C)c3)cc(NC(=O)OCc3ccccc3)c2c1=O. The summed E-state index contributed by atoms with van der Waals surface area (Å²) in [5.41, 5.74) is 5.73. The van der Waals surface area contributed by atoms with Crippen molar-refractivity contribution < 1.29 is 19.1 Å². The highest BCUT2D eigenvalue weighted by molar-refractivity contribution is 6.06. The predicted octanol–water partition coefficient (Wildman–Crippen LogP) is 6.25. The first kappa shape index (κ1) is 26.2. The number of aryl methyl sites for hydroxylation is 3. The molecule has 1 aliphatic carbocycles. The number of ether oxygens (including phenoxy) is 2. The molecule has 8 nitrogen and oxygen atoms in total. The lowest BCUT2D eigenvalue weighted by atomic mass is 9.95. The summed E-state index contributed by atoms with van der Waals surface area (Å²) in [6.45, 7) is 7.81. The maximum Gasteiger partial charge on any atom is 0.411 e. The van der Waals surface area contributed by atoms with Gasteiger partial charge in [-0.15, -0.1) is 0 Å². The summed E-state index contributed by atoms with van der Waals surface area (Å²) in [7, 11) is 0. The minimum Gasteiger partial charge on any atom is -0.462 e. The van der Waals surface area contributed by atoms with E-state index in [4.69, 9.17) is 9.47 Å². The second-order valence-corrected chi connectivity index (χ2v) is 9.86. The van der Waals surface area contributed by atoms with Crippen molar-refractivity contribution in [3.63, 3.8) is 0 Å². The van der Waals surface area contributed by atoms with Gasteiger partial charge in [0.25, 0.3) is 0 Å². The van der Waals surface area contributed by atoms with Crippen LogP contribution in [-0.2, 0) is 16.1 Å². The molecular formula is C31H31N3O5. The number of fused-ring (bicyclic) bond motifs is 1. The zero-order valence-electron chi connectivity index (χ0n) is 22.5. The summed E-state index contributed by atoms with van der Waals surface area (Å²) < 4.78 is 12.7. The maximum absolute atomic E-state index is 13.8. The normalized spacial score (nSPS) is 12.8. The third-order valence-corrected chi connectivity index (χ3v) is 7.09. The molecule has 1 aliphatic rings. The summed E-state index contributed by atoms with van der Waals surface area (Å²) in [4.78, 5) is 44.1. The van der Waals surface area contributed by atoms with E-state index in [1.807, 2.05) is 61.7 Å². The topological polar surface area (TPSA) is 99.5 Å². The van der Waals surface area contributed by atoms with Crippen molar-refractivity contribution in [2.24, 2.45) is 0 Å². The molecule has 1 fully saturated rings. The number of benzene rings is 2. The molecule has 0 bridgehead atoms. The minimum atomic E-state index is -0.702. The Bertz CT molecular complexity index is 1640. The Morgan fingerprint density at radius 2 is 1.82 bits per heavy atom. The van der Waals surface area contributed by atoms with Crippen molar-refractivity contribution in [3.8, 4) is 11.1 Å². The van der Waals surface area contributed by atoms with Crippen LogP contribution in [0, 0.1) is 20.8 Å². The monoisotopic (exact) mass is 525 g/mol. The van der Waals surface area contributed by atoms with Gasteiger partial charge in [-0.1, -0.05) is 30.3 Å². The van der Waals surface area contributed by atoms with E-state index in [2.05, 4.69) is 10.3 Å². The molecule has 200 valence electrons. The second kappa shape index (κ2) is 10.7. The molecule has 0 atom stereocenters. The Labute approximate surface area is 226 Å². The molecule has 2 aromatic carbocycles. The van der Waals surface area contributed by atoms with E-state index in [9.17, 15) is 14.4 Å². The molecular weight excluding hydrogens is 494 g/mol. The number of nitrogens with zero attached hydrogens (tertiary/aromatic N) is 2. The Hall–Kier alpha value is -4.46. The van der Waals surface area contributed by atoms with Crippen LogP contribution in [0.25, 0.3) is 22.0 Å². The number of nitrogens with one attached hydrogen (secondary N) is 1. The fourth-order valence-corrected chi connectivity index (χ4v) is 4.77. The van der Waals surface area contributed by atoms with Crippen molar-refractivity contribution in [2.75, 3.05) is 11.9 Å². The van der Waals surface area contributed by atoms with Gasteiger partial charge in [-0.3, -0.25) is 15.1 Å². The van der Waals surface area contributed by atoms with Crippen LogP contribution < -0.4 is 10.7 Å². The van der Waals surface area contributed by atoms with E-state index in [0.717, 1.165) is 46.4 Å². The fraction of sp³-hybridized carbons (Fsp3) is 0.290. The third-order valence-electron chi connectivity index (χ3n) is 7.09. The van der Waals surface area contributed by atoms with Gasteiger partial charge in [0.05, 0.1) is 23.2 Å². The summed E-state index contributed by atoms with van der Waals surface area (Å²) >= 11 is 0. The number of carbonyl (C=O) groups is 2. The number of anilines is 1. The highest BCUT2D eigenvalue weighted by Gasteiger charge is 2.30. The molecule has 5 rings (SSSR count). The van der Waals surface area contributed by atoms with Gasteiger partial charge in [0.1, 0.15) is 12.2 Å². The first-order chi connectivity index (χ1) is 18.8. The molecule has 1 amide bonds. The highest BCUT2D eigenvalue weighted by Crippen LogP contribution is 2.41. The number of carbonyl (C=O) groups excluding carboxylic acids is 2. The molecule has 0 spiro atoms. The van der Waals surface area contributed by atoms with Crippen molar-refractivity contribution in [1.29, 1.82) is 0 Å². The van der Waals surface area contributed by atoms with Crippen LogP contribution in [0.1, 0.15) is 58.5 Å². The quantitative estimate of drug-likeness (QED) is 0.286. The van der Waals surface area contributed by atoms with E-state index in [-0.39, 0.29) is 35.9 Å². The Morgan fingerprint density at radius 3 is 2.49 bits per heavy atom. The number of hydrogen-bond donors (Lipinski definition) is 1. The first-order valence-electron chi connectivity index (χ1n) is 13.1. The van der Waals surface area contributed by atoms with Crippen LogP contribution in [0.4, 0.5) is 10.5 Å². The summed E-state index contributed by atoms with van der Waals surface area (Å²) in [6, 6.07) is 13.3. The van der Waals surface area contributed by atoms with Crippen molar-refractivity contribution in [1.82, 2.24) is 9.55 Å². The number of esters is 1. The van der Waals surface area contributed by atoms with Crippen molar-refractivity contribution in [3.05, 3.63) is 93.0 Å². The van der Waals surface area contributed by atoms with E-state index >= 15 is 0 Å². The van der Waals surface area contributed by atoms with Crippen LogP contribution in [0.15, 0.2) is 59.7 Å². The lowest BCUT2D eigenvalue weighted by molar-refractivity contribution is 0.0524. The number of aromatic nitrogens is 2. The van der Waals surface area contributed by atoms with Crippen molar-refractivity contribution in [2.45, 2.75) is 53.2 Å². The number of pyridine rings is 2. The van der Waals surface area contributed by atoms with Gasteiger partial charge < -0.3 is 14.0 Å². The van der Waals surface area contributed by atoms with Crippen LogP contribution in [0.5, 0.6) is 0 Å². The smallest absolute Gasteiger partial charge is 0.411 e. The van der Waals surface area contributed by atoms with Crippen LogP contribution in [-0.4, -0.2) is 28.2 Å². The van der Waals surface area contributed by atoms with Gasteiger partial charge >= 0.3 is 12.1 Å². The molecule has 0 aliphatic heterocycles. The standard InChI is InChI=1S/C31H31N3O5/c1-5-38-30(36)25-16-34(23-11-12-23)28-19(3)24(22-13-18(2)20(4)32-15-22)14-26(27(28)29(25)35)33-31(37)39-17-21-9-7-6-8-10-21/h6-10,13-16,23H,5,11-12,17H2,1-4H3,(H,33,37). The molecule has 1 saturated carbocycles. The molecule has 0 unspecified atom stereocenters. The minimum absolute atomic E-state index is 0.0584. The summed E-state index contributed by atoms with van der Waals surface area (Å²) in [6.07, 6.45) is 4.55. The average Bonchev–Trinajstić information content (AvgIpc) is 3.77. The molecule has 8 heteroatoms. The fourth-order valence-electron chi connectivity index (χ4n) is 4.77. The molecule has 2 heterocycles. The lowest BCUT2D eigenvalue weighted by Crippen LogP contribution is -2.23. The van der Waals surface area contributed by atoms with E-state index < -0.39 is 17.5 Å².